The summed E-state index contributed by atoms with van der Waals surface area (Å²) in [6, 6.07) is 18.9. The first-order chi connectivity index (χ1) is 16.3. The Kier molecular flexibility index (Phi) is 6.60. The number of benzene rings is 3. The van der Waals surface area contributed by atoms with Crippen LogP contribution in [0.15, 0.2) is 72.8 Å². The molecule has 0 aliphatic heterocycles. The van der Waals surface area contributed by atoms with E-state index in [0.29, 0.717) is 11.3 Å². The number of aliphatic hydroxyl groups is 1. The van der Waals surface area contributed by atoms with Crippen molar-refractivity contribution in [3.63, 3.8) is 0 Å². The van der Waals surface area contributed by atoms with Crippen molar-refractivity contribution in [2.24, 2.45) is 0 Å². The van der Waals surface area contributed by atoms with Gasteiger partial charge in [-0.2, -0.15) is 0 Å². The molecule has 0 saturated carbocycles. The number of carbonyl (C=O) groups is 4. The maximum atomic E-state index is 13.1. The minimum Gasteiger partial charge on any atom is -0.377 e. The second-order valence-electron chi connectivity index (χ2n) is 7.96. The molecule has 0 radical (unpaired) electrons. The van der Waals surface area contributed by atoms with E-state index in [0.717, 1.165) is 5.56 Å². The third-order valence-electron chi connectivity index (χ3n) is 5.57. The largest absolute Gasteiger partial charge is 0.377 e. The standard InChI is InChI=1S/C26H21FN2O5/c27-17-8-6-16(7-9-17)14-28-26(34)22-19-11-10-18(13-20(19)23(31)25(33)24(22)32)29-21(30)12-15-4-2-1-3-5-15/h1-11,13,22,25,33H,12,14H2,(H,28,34)(H,29,30). The van der Waals surface area contributed by atoms with Gasteiger partial charge in [0.1, 0.15) is 11.7 Å². The van der Waals surface area contributed by atoms with Gasteiger partial charge in [0.05, 0.1) is 6.42 Å². The number of hydrogen-bond donors (Lipinski definition) is 3. The van der Waals surface area contributed by atoms with Crippen molar-refractivity contribution in [3.8, 4) is 0 Å². The Morgan fingerprint density at radius 2 is 1.62 bits per heavy atom. The van der Waals surface area contributed by atoms with Crippen molar-refractivity contribution >= 4 is 29.1 Å². The van der Waals surface area contributed by atoms with Crippen LogP contribution >= 0.6 is 0 Å². The molecule has 2 unspecified atom stereocenters. The fourth-order valence-corrected chi connectivity index (χ4v) is 3.84. The van der Waals surface area contributed by atoms with Crippen LogP contribution in [0.5, 0.6) is 0 Å². The number of Topliss-reactive ketones (excluding diaryl/α,β-unsaturated/α-hetero) is 2. The molecule has 0 saturated heterocycles. The second kappa shape index (κ2) is 9.76. The van der Waals surface area contributed by atoms with E-state index < -0.39 is 35.3 Å². The molecule has 3 aromatic rings. The molecule has 0 aromatic heterocycles. The minimum absolute atomic E-state index is 0.00783. The minimum atomic E-state index is -1.98. The third kappa shape index (κ3) is 4.92. The summed E-state index contributed by atoms with van der Waals surface area (Å²) in [5, 5.41) is 15.5. The summed E-state index contributed by atoms with van der Waals surface area (Å²) >= 11 is 0. The normalized spacial score (nSPS) is 17.1. The van der Waals surface area contributed by atoms with Gasteiger partial charge in [0.15, 0.2) is 17.7 Å². The summed E-state index contributed by atoms with van der Waals surface area (Å²) in [4.78, 5) is 50.4. The van der Waals surface area contributed by atoms with Gasteiger partial charge in [-0.05, 0) is 41.0 Å². The number of rotatable bonds is 6. The van der Waals surface area contributed by atoms with Gasteiger partial charge >= 0.3 is 0 Å². The summed E-state index contributed by atoms with van der Waals surface area (Å²) in [7, 11) is 0. The SMILES string of the molecule is O=C(Cc1ccccc1)Nc1ccc2c(c1)C(=O)C(O)C(=O)C2C(=O)NCc1ccc(F)cc1. The Morgan fingerprint density at radius 3 is 2.32 bits per heavy atom. The number of halogens is 1. The molecule has 8 heteroatoms. The fraction of sp³-hybridized carbons (Fsp3) is 0.154. The molecule has 1 aliphatic rings. The molecule has 0 fully saturated rings. The Balaban J connectivity index is 1.53. The van der Waals surface area contributed by atoms with Crippen LogP contribution in [-0.4, -0.2) is 34.6 Å². The highest BCUT2D eigenvalue weighted by Crippen LogP contribution is 2.32. The molecular weight excluding hydrogens is 439 g/mol. The average Bonchev–Trinajstić information content (AvgIpc) is 2.83. The predicted molar refractivity (Wildman–Crippen MR) is 122 cm³/mol. The summed E-state index contributed by atoms with van der Waals surface area (Å²) < 4.78 is 13.1. The van der Waals surface area contributed by atoms with Crippen LogP contribution in [0.3, 0.4) is 0 Å². The first kappa shape index (κ1) is 23.0. The Labute approximate surface area is 194 Å². The summed E-state index contributed by atoms with van der Waals surface area (Å²) in [5.74, 6) is -4.56. The molecule has 0 bridgehead atoms. The number of fused-ring (bicyclic) bond motifs is 1. The number of anilines is 1. The number of hydrogen-bond acceptors (Lipinski definition) is 5. The number of nitrogens with one attached hydrogen (secondary N) is 2. The zero-order valence-electron chi connectivity index (χ0n) is 18.0. The van der Waals surface area contributed by atoms with Gasteiger partial charge in [-0.25, -0.2) is 4.39 Å². The first-order valence-electron chi connectivity index (χ1n) is 10.6. The lowest BCUT2D eigenvalue weighted by Gasteiger charge is -2.26. The number of ketones is 2. The van der Waals surface area contributed by atoms with Crippen molar-refractivity contribution in [2.75, 3.05) is 5.32 Å². The second-order valence-corrected chi connectivity index (χ2v) is 7.96. The lowest BCUT2D eigenvalue weighted by molar-refractivity contribution is -0.134. The smallest absolute Gasteiger partial charge is 0.235 e. The Hall–Kier alpha value is -4.17. The lowest BCUT2D eigenvalue weighted by atomic mass is 9.78. The van der Waals surface area contributed by atoms with Gasteiger partial charge in [0.25, 0.3) is 0 Å². The fourth-order valence-electron chi connectivity index (χ4n) is 3.84. The van der Waals surface area contributed by atoms with Crippen LogP contribution in [0.1, 0.15) is 33.0 Å². The molecule has 4 rings (SSSR count). The highest BCUT2D eigenvalue weighted by Gasteiger charge is 2.43. The maximum absolute atomic E-state index is 13.1. The van der Waals surface area contributed by atoms with E-state index >= 15 is 0 Å². The molecule has 1 aliphatic carbocycles. The first-order valence-corrected chi connectivity index (χ1v) is 10.6. The Bertz CT molecular complexity index is 1260. The van der Waals surface area contributed by atoms with Crippen LogP contribution in [0, 0.1) is 5.82 Å². The van der Waals surface area contributed by atoms with Crippen LogP contribution < -0.4 is 10.6 Å². The molecule has 172 valence electrons. The van der Waals surface area contributed by atoms with Crippen LogP contribution in [0.25, 0.3) is 0 Å². The van der Waals surface area contributed by atoms with Crippen LogP contribution in [0.4, 0.5) is 10.1 Å². The quantitative estimate of drug-likeness (QED) is 0.490. The molecule has 3 aromatic carbocycles. The van der Waals surface area contributed by atoms with Crippen molar-refractivity contribution in [3.05, 3.63) is 101 Å². The van der Waals surface area contributed by atoms with Gasteiger partial charge in [0.2, 0.25) is 11.8 Å². The molecule has 34 heavy (non-hydrogen) atoms. The van der Waals surface area contributed by atoms with E-state index in [1.807, 2.05) is 30.3 Å². The molecule has 0 spiro atoms. The molecule has 0 heterocycles. The number of carbonyl (C=O) groups excluding carboxylic acids is 4. The van der Waals surface area contributed by atoms with E-state index in [-0.39, 0.29) is 30.0 Å². The molecular formula is C26H21FN2O5. The summed E-state index contributed by atoms with van der Waals surface area (Å²) in [5.41, 5.74) is 1.88. The zero-order chi connectivity index (χ0) is 24.2. The van der Waals surface area contributed by atoms with Gasteiger partial charge < -0.3 is 15.7 Å². The van der Waals surface area contributed by atoms with Gasteiger partial charge in [-0.15, -0.1) is 0 Å². The number of aliphatic hydroxyl groups excluding tert-OH is 1. The van der Waals surface area contributed by atoms with E-state index in [1.165, 1.54) is 42.5 Å². The van der Waals surface area contributed by atoms with E-state index in [9.17, 15) is 28.7 Å². The Morgan fingerprint density at radius 1 is 0.912 bits per heavy atom. The number of amides is 2. The summed E-state index contributed by atoms with van der Waals surface area (Å²) in [6.45, 7) is 0.0376. The van der Waals surface area contributed by atoms with E-state index in [4.69, 9.17) is 0 Å². The summed E-state index contributed by atoms with van der Waals surface area (Å²) in [6.07, 6.45) is -1.86. The highest BCUT2D eigenvalue weighted by atomic mass is 19.1. The van der Waals surface area contributed by atoms with Crippen LogP contribution in [-0.2, 0) is 27.3 Å². The van der Waals surface area contributed by atoms with Crippen molar-refractivity contribution in [2.45, 2.75) is 25.0 Å². The average molecular weight is 460 g/mol. The zero-order valence-corrected chi connectivity index (χ0v) is 18.0. The van der Waals surface area contributed by atoms with Gasteiger partial charge in [-0.3, -0.25) is 19.2 Å². The van der Waals surface area contributed by atoms with Crippen LogP contribution in [0.2, 0.25) is 0 Å². The van der Waals surface area contributed by atoms with Crippen molar-refractivity contribution in [1.29, 1.82) is 0 Å². The molecule has 2 amide bonds. The lowest BCUT2D eigenvalue weighted by Crippen LogP contribution is -2.45. The predicted octanol–water partition coefficient (Wildman–Crippen LogP) is 2.53. The van der Waals surface area contributed by atoms with E-state index in [2.05, 4.69) is 10.6 Å². The third-order valence-corrected chi connectivity index (χ3v) is 5.57. The molecule has 2 atom stereocenters. The van der Waals surface area contributed by atoms with E-state index in [1.54, 1.807) is 0 Å². The van der Waals surface area contributed by atoms with Crippen molar-refractivity contribution < 1.29 is 28.7 Å². The topological polar surface area (TPSA) is 113 Å². The highest BCUT2D eigenvalue weighted by molar-refractivity contribution is 6.25. The monoisotopic (exact) mass is 460 g/mol. The maximum Gasteiger partial charge on any atom is 0.235 e. The molecule has 7 nitrogen and oxygen atoms in total. The van der Waals surface area contributed by atoms with Crippen molar-refractivity contribution in [1.82, 2.24) is 5.32 Å². The molecule has 3 N–H and O–H groups in total. The van der Waals surface area contributed by atoms with Gasteiger partial charge in [0, 0.05) is 17.8 Å². The van der Waals surface area contributed by atoms with Gasteiger partial charge in [-0.1, -0.05) is 48.5 Å².